The first-order valence-corrected chi connectivity index (χ1v) is 9.49. The molecule has 3 aromatic rings. The third-order valence-electron chi connectivity index (χ3n) is 6.31. The summed E-state index contributed by atoms with van der Waals surface area (Å²) in [5.41, 5.74) is 6.91. The van der Waals surface area contributed by atoms with E-state index in [9.17, 15) is 0 Å². The first kappa shape index (κ1) is 15.0. The zero-order valence-electron chi connectivity index (χ0n) is 14.7. The van der Waals surface area contributed by atoms with E-state index < -0.39 is 0 Å². The molecular weight excluding hydrogens is 332 g/mol. The van der Waals surface area contributed by atoms with E-state index in [-0.39, 0.29) is 0 Å². The van der Waals surface area contributed by atoms with Crippen molar-refractivity contribution in [1.82, 2.24) is 9.97 Å². The van der Waals surface area contributed by atoms with Gasteiger partial charge in [-0.1, -0.05) is 36.4 Å². The summed E-state index contributed by atoms with van der Waals surface area (Å²) in [6, 6.07) is 20.9. The van der Waals surface area contributed by atoms with Crippen molar-refractivity contribution in [1.29, 1.82) is 0 Å². The summed E-state index contributed by atoms with van der Waals surface area (Å²) in [6.07, 6.45) is 4.84. The highest BCUT2D eigenvalue weighted by atomic mass is 15.2. The van der Waals surface area contributed by atoms with E-state index in [4.69, 9.17) is 10.2 Å². The minimum atomic E-state index is 0.314. The van der Waals surface area contributed by atoms with Crippen molar-refractivity contribution in [3.63, 3.8) is 0 Å². The standard InChI is InChI=1S/C23H18N4/c1-2-8-15-14(7-1)16-13-17(15)21-20(16)22(18-9-3-5-11-24-18)26-27-23(21)19-10-4-6-12-25-19/h1-12,16-17,20-21H,13H2. The van der Waals surface area contributed by atoms with Crippen LogP contribution in [0.15, 0.2) is 83.3 Å². The van der Waals surface area contributed by atoms with E-state index in [1.54, 1.807) is 0 Å². The topological polar surface area (TPSA) is 50.5 Å². The fourth-order valence-corrected chi connectivity index (χ4v) is 5.33. The Morgan fingerprint density at radius 2 is 1.07 bits per heavy atom. The van der Waals surface area contributed by atoms with Crippen molar-refractivity contribution in [2.45, 2.75) is 18.3 Å². The molecule has 4 heteroatoms. The van der Waals surface area contributed by atoms with Gasteiger partial charge in [0.25, 0.3) is 0 Å². The average Bonchev–Trinajstić information content (AvgIpc) is 3.33. The number of hydrogen-bond acceptors (Lipinski definition) is 4. The van der Waals surface area contributed by atoms with Gasteiger partial charge in [0.1, 0.15) is 0 Å². The molecule has 2 aromatic heterocycles. The fraction of sp³-hybridized carbons (Fsp3) is 0.217. The molecule has 4 nitrogen and oxygen atoms in total. The Kier molecular flexibility index (Phi) is 3.15. The molecule has 0 N–H and O–H groups in total. The molecule has 4 unspecified atom stereocenters. The van der Waals surface area contributed by atoms with E-state index in [0.29, 0.717) is 23.7 Å². The highest BCUT2D eigenvalue weighted by Crippen LogP contribution is 2.61. The van der Waals surface area contributed by atoms with Crippen LogP contribution in [-0.4, -0.2) is 21.4 Å². The summed E-state index contributed by atoms with van der Waals surface area (Å²) in [6.45, 7) is 0. The monoisotopic (exact) mass is 350 g/mol. The van der Waals surface area contributed by atoms with E-state index in [0.717, 1.165) is 29.2 Å². The minimum absolute atomic E-state index is 0.314. The molecule has 0 saturated heterocycles. The first-order chi connectivity index (χ1) is 13.4. The van der Waals surface area contributed by atoms with Gasteiger partial charge >= 0.3 is 0 Å². The summed E-state index contributed by atoms with van der Waals surface area (Å²) < 4.78 is 0. The van der Waals surface area contributed by atoms with Crippen LogP contribution < -0.4 is 0 Å². The number of benzene rings is 1. The molecule has 27 heavy (non-hydrogen) atoms. The van der Waals surface area contributed by atoms with Gasteiger partial charge in [-0.25, -0.2) is 0 Å². The second-order valence-electron chi connectivity index (χ2n) is 7.53. The molecule has 1 fully saturated rings. The van der Waals surface area contributed by atoms with E-state index in [2.05, 4.69) is 46.4 Å². The molecule has 3 heterocycles. The molecule has 1 aromatic carbocycles. The van der Waals surface area contributed by atoms with Crippen molar-refractivity contribution in [3.05, 3.63) is 95.6 Å². The third-order valence-corrected chi connectivity index (χ3v) is 6.31. The molecule has 4 atom stereocenters. The maximum atomic E-state index is 4.69. The van der Waals surface area contributed by atoms with Crippen LogP contribution in [0.25, 0.3) is 0 Å². The van der Waals surface area contributed by atoms with Crippen molar-refractivity contribution >= 4 is 11.4 Å². The maximum Gasteiger partial charge on any atom is 0.0930 e. The lowest BCUT2D eigenvalue weighted by molar-refractivity contribution is 0.507. The van der Waals surface area contributed by atoms with Crippen LogP contribution in [0.3, 0.4) is 0 Å². The summed E-state index contributed by atoms with van der Waals surface area (Å²) in [4.78, 5) is 9.17. The van der Waals surface area contributed by atoms with Gasteiger partial charge in [0, 0.05) is 24.2 Å². The lowest BCUT2D eigenvalue weighted by Crippen LogP contribution is -2.38. The minimum Gasteiger partial charge on any atom is -0.255 e. The molecule has 0 radical (unpaired) electrons. The van der Waals surface area contributed by atoms with Crippen LogP contribution in [0.2, 0.25) is 0 Å². The Balaban J connectivity index is 1.56. The van der Waals surface area contributed by atoms with Gasteiger partial charge in [0.05, 0.1) is 22.8 Å². The quantitative estimate of drug-likeness (QED) is 0.695. The van der Waals surface area contributed by atoms with E-state index in [1.165, 1.54) is 11.1 Å². The highest BCUT2D eigenvalue weighted by Gasteiger charge is 2.56. The number of pyridine rings is 2. The smallest absolute Gasteiger partial charge is 0.0930 e. The summed E-state index contributed by atoms with van der Waals surface area (Å²) >= 11 is 0. The molecule has 0 spiro atoms. The predicted molar refractivity (Wildman–Crippen MR) is 105 cm³/mol. The van der Waals surface area contributed by atoms with Crippen LogP contribution in [0.5, 0.6) is 0 Å². The lowest BCUT2D eigenvalue weighted by Gasteiger charge is -2.35. The molecule has 1 aliphatic heterocycles. The predicted octanol–water partition coefficient (Wildman–Crippen LogP) is 4.20. The SMILES string of the molecule is c1ccc(C2=NN=C(c3ccccn3)C3C4CC(c5ccccc54)C23)nc1. The Morgan fingerprint density at radius 3 is 1.52 bits per heavy atom. The molecule has 2 bridgehead atoms. The van der Waals surface area contributed by atoms with Crippen molar-refractivity contribution in [2.24, 2.45) is 22.0 Å². The average molecular weight is 350 g/mol. The second-order valence-corrected chi connectivity index (χ2v) is 7.53. The van der Waals surface area contributed by atoms with Gasteiger partial charge in [-0.05, 0) is 53.6 Å². The first-order valence-electron chi connectivity index (χ1n) is 9.49. The van der Waals surface area contributed by atoms with Crippen LogP contribution >= 0.6 is 0 Å². The largest absolute Gasteiger partial charge is 0.255 e. The van der Waals surface area contributed by atoms with Gasteiger partial charge < -0.3 is 0 Å². The summed E-state index contributed by atoms with van der Waals surface area (Å²) in [5, 5.41) is 9.39. The fourth-order valence-electron chi connectivity index (χ4n) is 5.33. The van der Waals surface area contributed by atoms with Crippen molar-refractivity contribution < 1.29 is 0 Å². The maximum absolute atomic E-state index is 4.69. The molecule has 130 valence electrons. The Bertz CT molecular complexity index is 985. The lowest BCUT2D eigenvalue weighted by atomic mass is 9.70. The number of rotatable bonds is 2. The van der Waals surface area contributed by atoms with Crippen LogP contribution in [0.1, 0.15) is 40.8 Å². The van der Waals surface area contributed by atoms with Crippen LogP contribution in [0.4, 0.5) is 0 Å². The van der Waals surface area contributed by atoms with E-state index >= 15 is 0 Å². The van der Waals surface area contributed by atoms with Gasteiger partial charge in [-0.15, -0.1) is 0 Å². The van der Waals surface area contributed by atoms with Gasteiger partial charge in [-0.2, -0.15) is 10.2 Å². The zero-order valence-corrected chi connectivity index (χ0v) is 14.7. The van der Waals surface area contributed by atoms with E-state index in [1.807, 2.05) is 36.7 Å². The Labute approximate surface area is 157 Å². The molecule has 1 saturated carbocycles. The summed E-state index contributed by atoms with van der Waals surface area (Å²) in [5.74, 6) is 1.58. The van der Waals surface area contributed by atoms with Gasteiger partial charge in [0.15, 0.2) is 0 Å². The Hall–Kier alpha value is -3.14. The van der Waals surface area contributed by atoms with Crippen LogP contribution in [-0.2, 0) is 0 Å². The second kappa shape index (κ2) is 5.68. The number of nitrogens with zero attached hydrogens (tertiary/aromatic N) is 4. The zero-order chi connectivity index (χ0) is 17.8. The van der Waals surface area contributed by atoms with Crippen LogP contribution in [0, 0.1) is 11.8 Å². The number of aromatic nitrogens is 2. The molecular formula is C23H18N4. The number of hydrogen-bond donors (Lipinski definition) is 0. The number of fused-ring (bicyclic) bond motifs is 8. The normalized spacial score (nSPS) is 27.6. The molecule has 6 rings (SSSR count). The van der Waals surface area contributed by atoms with Crippen molar-refractivity contribution in [3.8, 4) is 0 Å². The Morgan fingerprint density at radius 1 is 0.593 bits per heavy atom. The third kappa shape index (κ3) is 2.10. The summed E-state index contributed by atoms with van der Waals surface area (Å²) in [7, 11) is 0. The van der Waals surface area contributed by atoms with Gasteiger partial charge in [-0.3, -0.25) is 9.97 Å². The van der Waals surface area contributed by atoms with Crippen molar-refractivity contribution in [2.75, 3.05) is 0 Å². The molecule has 2 aliphatic carbocycles. The molecule has 3 aliphatic rings. The highest BCUT2D eigenvalue weighted by molar-refractivity contribution is 6.12. The molecule has 0 amide bonds. The van der Waals surface area contributed by atoms with Gasteiger partial charge in [0.2, 0.25) is 0 Å².